The molecule has 100 valence electrons. The smallest absolute Gasteiger partial charge is 0.240 e. The summed E-state index contributed by atoms with van der Waals surface area (Å²) in [4.78, 5) is 0.268. The number of benzene rings is 1. The number of anilines is 1. The van der Waals surface area contributed by atoms with Gasteiger partial charge >= 0.3 is 0 Å². The molecule has 3 N–H and O–H groups in total. The molecule has 1 aliphatic rings. The topological polar surface area (TPSA) is 72.2 Å². The summed E-state index contributed by atoms with van der Waals surface area (Å²) in [5, 5.41) is 0. The lowest BCUT2D eigenvalue weighted by molar-refractivity contribution is 0.576. The molecule has 1 fully saturated rings. The van der Waals surface area contributed by atoms with Crippen LogP contribution in [0.1, 0.15) is 30.9 Å². The van der Waals surface area contributed by atoms with Gasteiger partial charge in [0.15, 0.2) is 0 Å². The first-order chi connectivity index (χ1) is 8.35. The average Bonchev–Trinajstić information content (AvgIpc) is 3.02. The largest absolute Gasteiger partial charge is 0.398 e. The van der Waals surface area contributed by atoms with Gasteiger partial charge in [-0.2, -0.15) is 0 Å². The van der Waals surface area contributed by atoms with Gasteiger partial charge in [-0.1, -0.05) is 13.3 Å². The van der Waals surface area contributed by atoms with Crippen molar-refractivity contribution in [1.82, 2.24) is 4.72 Å². The van der Waals surface area contributed by atoms with E-state index in [4.69, 9.17) is 5.73 Å². The number of nitrogen functional groups attached to an aromatic ring is 1. The third-order valence-corrected chi connectivity index (χ3v) is 5.21. The van der Waals surface area contributed by atoms with Gasteiger partial charge in [0.1, 0.15) is 0 Å². The summed E-state index contributed by atoms with van der Waals surface area (Å²) in [5.41, 5.74) is 8.19. The molecule has 1 aromatic rings. The molecule has 0 aliphatic heterocycles. The Morgan fingerprint density at radius 2 is 2.06 bits per heavy atom. The maximum atomic E-state index is 12.2. The standard InChI is InChI=1S/C13H20N2O2S/c1-4-10-6-13(10)15-18(16,17)11-5-8(2)9(3)12(14)7-11/h5,7,10,13,15H,4,6,14H2,1-3H3. The predicted molar refractivity (Wildman–Crippen MR) is 72.8 cm³/mol. The van der Waals surface area contributed by atoms with Crippen LogP contribution >= 0.6 is 0 Å². The van der Waals surface area contributed by atoms with E-state index in [0.29, 0.717) is 11.6 Å². The lowest BCUT2D eigenvalue weighted by Crippen LogP contribution is -2.27. The minimum absolute atomic E-state index is 0.0998. The molecule has 2 atom stereocenters. The first kappa shape index (κ1) is 13.4. The summed E-state index contributed by atoms with van der Waals surface area (Å²) < 4.78 is 27.1. The fourth-order valence-electron chi connectivity index (χ4n) is 2.12. The van der Waals surface area contributed by atoms with Crippen molar-refractivity contribution < 1.29 is 8.42 Å². The summed E-state index contributed by atoms with van der Waals surface area (Å²) >= 11 is 0. The van der Waals surface area contributed by atoms with Crippen molar-refractivity contribution in [2.24, 2.45) is 5.92 Å². The monoisotopic (exact) mass is 268 g/mol. The molecule has 0 heterocycles. The number of sulfonamides is 1. The minimum Gasteiger partial charge on any atom is -0.398 e. The molecule has 18 heavy (non-hydrogen) atoms. The molecule has 1 aliphatic carbocycles. The molecule has 0 bridgehead atoms. The molecule has 0 aromatic heterocycles. The van der Waals surface area contributed by atoms with Crippen molar-refractivity contribution in [1.29, 1.82) is 0 Å². The zero-order valence-electron chi connectivity index (χ0n) is 11.0. The molecule has 2 rings (SSSR count). The zero-order valence-corrected chi connectivity index (χ0v) is 11.8. The molecule has 0 radical (unpaired) electrons. The first-order valence-electron chi connectivity index (χ1n) is 6.24. The Kier molecular flexibility index (Phi) is 3.38. The average molecular weight is 268 g/mol. The van der Waals surface area contributed by atoms with Gasteiger partial charge in [0.05, 0.1) is 4.90 Å². The van der Waals surface area contributed by atoms with Gasteiger partial charge in [0, 0.05) is 11.7 Å². The number of aryl methyl sites for hydroxylation is 1. The van der Waals surface area contributed by atoms with E-state index >= 15 is 0 Å². The van der Waals surface area contributed by atoms with E-state index in [9.17, 15) is 8.42 Å². The second-order valence-electron chi connectivity index (χ2n) is 5.09. The van der Waals surface area contributed by atoms with Crippen LogP contribution in [0.25, 0.3) is 0 Å². The maximum absolute atomic E-state index is 12.2. The van der Waals surface area contributed by atoms with E-state index in [2.05, 4.69) is 11.6 Å². The SMILES string of the molecule is CCC1CC1NS(=O)(=O)c1cc(C)c(C)c(N)c1. The van der Waals surface area contributed by atoms with Crippen LogP contribution in [-0.4, -0.2) is 14.5 Å². The molecule has 0 spiro atoms. The van der Waals surface area contributed by atoms with E-state index < -0.39 is 10.0 Å². The molecule has 1 aromatic carbocycles. The van der Waals surface area contributed by atoms with E-state index in [1.54, 1.807) is 6.07 Å². The van der Waals surface area contributed by atoms with E-state index in [1.807, 2.05) is 13.8 Å². The summed E-state index contributed by atoms with van der Waals surface area (Å²) in [7, 11) is -3.43. The van der Waals surface area contributed by atoms with Gasteiger partial charge in [0.25, 0.3) is 0 Å². The fraction of sp³-hybridized carbons (Fsp3) is 0.538. The van der Waals surface area contributed by atoms with Crippen LogP contribution < -0.4 is 10.5 Å². The van der Waals surface area contributed by atoms with Crippen molar-refractivity contribution >= 4 is 15.7 Å². The van der Waals surface area contributed by atoms with Crippen molar-refractivity contribution in [3.05, 3.63) is 23.3 Å². The number of rotatable bonds is 4. The van der Waals surface area contributed by atoms with Crippen LogP contribution in [0.4, 0.5) is 5.69 Å². The van der Waals surface area contributed by atoms with Gasteiger partial charge in [-0.05, 0) is 49.4 Å². The number of nitrogens with two attached hydrogens (primary N) is 1. The zero-order chi connectivity index (χ0) is 13.5. The second-order valence-corrected chi connectivity index (χ2v) is 6.80. The molecule has 4 nitrogen and oxygen atoms in total. The Morgan fingerprint density at radius 3 is 2.56 bits per heavy atom. The van der Waals surface area contributed by atoms with Gasteiger partial charge in [0.2, 0.25) is 10.0 Å². The highest BCUT2D eigenvalue weighted by atomic mass is 32.2. The van der Waals surface area contributed by atoms with E-state index in [-0.39, 0.29) is 10.9 Å². The molecular weight excluding hydrogens is 248 g/mol. The van der Waals surface area contributed by atoms with Crippen LogP contribution in [0.2, 0.25) is 0 Å². The van der Waals surface area contributed by atoms with Crippen molar-refractivity contribution in [2.45, 2.75) is 44.6 Å². The van der Waals surface area contributed by atoms with Gasteiger partial charge in [-0.15, -0.1) is 0 Å². The normalized spacial score (nSPS) is 23.1. The molecular formula is C13H20N2O2S. The fourth-order valence-corrected chi connectivity index (χ4v) is 3.56. The number of hydrogen-bond donors (Lipinski definition) is 2. The Labute approximate surface area is 109 Å². The van der Waals surface area contributed by atoms with Gasteiger partial charge < -0.3 is 5.73 Å². The molecule has 2 unspecified atom stereocenters. The Hall–Kier alpha value is -1.07. The molecule has 5 heteroatoms. The van der Waals surface area contributed by atoms with Crippen LogP contribution in [0.3, 0.4) is 0 Å². The number of nitrogens with one attached hydrogen (secondary N) is 1. The summed E-state index contributed by atoms with van der Waals surface area (Å²) in [6.07, 6.45) is 1.96. The second kappa shape index (κ2) is 4.55. The highest BCUT2D eigenvalue weighted by Gasteiger charge is 2.38. The first-order valence-corrected chi connectivity index (χ1v) is 7.72. The predicted octanol–water partition coefficient (Wildman–Crippen LogP) is 1.96. The van der Waals surface area contributed by atoms with Crippen LogP contribution in [0.5, 0.6) is 0 Å². The summed E-state index contributed by atoms with van der Waals surface area (Å²) in [5.74, 6) is 0.490. The highest BCUT2D eigenvalue weighted by molar-refractivity contribution is 7.89. The van der Waals surface area contributed by atoms with Gasteiger partial charge in [-0.3, -0.25) is 0 Å². The van der Waals surface area contributed by atoms with Crippen molar-refractivity contribution in [3.63, 3.8) is 0 Å². The Balaban J connectivity index is 2.25. The third-order valence-electron chi connectivity index (χ3n) is 3.74. The summed E-state index contributed by atoms with van der Waals surface area (Å²) in [6, 6.07) is 3.31. The van der Waals surface area contributed by atoms with Crippen LogP contribution in [0.15, 0.2) is 17.0 Å². The Bertz CT molecular complexity index is 543. The Morgan fingerprint density at radius 1 is 1.39 bits per heavy atom. The molecule has 0 amide bonds. The molecule has 0 saturated heterocycles. The lowest BCUT2D eigenvalue weighted by atomic mass is 10.1. The summed E-state index contributed by atoms with van der Waals surface area (Å²) in [6.45, 7) is 5.84. The van der Waals surface area contributed by atoms with Gasteiger partial charge in [-0.25, -0.2) is 13.1 Å². The van der Waals surface area contributed by atoms with E-state index in [0.717, 1.165) is 24.0 Å². The quantitative estimate of drug-likeness (QED) is 0.820. The minimum atomic E-state index is -3.43. The molecule has 1 saturated carbocycles. The van der Waals surface area contributed by atoms with Crippen molar-refractivity contribution in [3.8, 4) is 0 Å². The van der Waals surface area contributed by atoms with Crippen LogP contribution in [0, 0.1) is 19.8 Å². The lowest BCUT2D eigenvalue weighted by Gasteiger charge is -2.10. The number of hydrogen-bond acceptors (Lipinski definition) is 3. The third kappa shape index (κ3) is 2.52. The highest BCUT2D eigenvalue weighted by Crippen LogP contribution is 2.34. The van der Waals surface area contributed by atoms with Crippen LogP contribution in [-0.2, 0) is 10.0 Å². The van der Waals surface area contributed by atoms with E-state index in [1.165, 1.54) is 6.07 Å². The van der Waals surface area contributed by atoms with Crippen molar-refractivity contribution in [2.75, 3.05) is 5.73 Å². The maximum Gasteiger partial charge on any atom is 0.240 e.